The minimum absolute atomic E-state index is 0.0405. The van der Waals surface area contributed by atoms with E-state index in [1.807, 2.05) is 0 Å². The van der Waals surface area contributed by atoms with Crippen molar-refractivity contribution < 1.29 is 4.92 Å². The van der Waals surface area contributed by atoms with Crippen LogP contribution >= 0.6 is 0 Å². The highest BCUT2D eigenvalue weighted by molar-refractivity contribution is 5.56. The molecule has 1 aromatic rings. The Kier molecular flexibility index (Phi) is 3.28. The molecule has 0 radical (unpaired) electrons. The van der Waals surface area contributed by atoms with Gasteiger partial charge < -0.3 is 5.73 Å². The number of anilines is 1. The van der Waals surface area contributed by atoms with E-state index >= 15 is 0 Å². The lowest BCUT2D eigenvalue weighted by Crippen LogP contribution is -2.25. The molecule has 3 atom stereocenters. The van der Waals surface area contributed by atoms with E-state index in [1.54, 1.807) is 11.6 Å². The molecule has 0 saturated heterocycles. The largest absolute Gasteiger partial charge is 0.378 e. The Bertz CT molecular complexity index is 469. The smallest absolute Gasteiger partial charge is 0.333 e. The summed E-state index contributed by atoms with van der Waals surface area (Å²) in [5.41, 5.74) is 6.24. The Morgan fingerprint density at radius 3 is 2.56 bits per heavy atom. The summed E-state index contributed by atoms with van der Waals surface area (Å²) in [6, 6.07) is 0.198. The van der Waals surface area contributed by atoms with Crippen LogP contribution in [0.15, 0.2) is 0 Å². The van der Waals surface area contributed by atoms with Gasteiger partial charge in [0.25, 0.3) is 0 Å². The lowest BCUT2D eigenvalue weighted by Gasteiger charge is -2.32. The van der Waals surface area contributed by atoms with Crippen molar-refractivity contribution >= 4 is 11.5 Å². The second kappa shape index (κ2) is 4.59. The van der Waals surface area contributed by atoms with Gasteiger partial charge in [0, 0.05) is 0 Å². The fourth-order valence-electron chi connectivity index (χ4n) is 2.80. The van der Waals surface area contributed by atoms with Gasteiger partial charge in [0.05, 0.1) is 11.0 Å². The predicted molar refractivity (Wildman–Crippen MR) is 69.2 cm³/mol. The van der Waals surface area contributed by atoms with Crippen molar-refractivity contribution in [3.63, 3.8) is 0 Å². The van der Waals surface area contributed by atoms with Crippen LogP contribution in [0.1, 0.15) is 44.8 Å². The molecule has 18 heavy (non-hydrogen) atoms. The Morgan fingerprint density at radius 2 is 2.06 bits per heavy atom. The Morgan fingerprint density at radius 1 is 1.39 bits per heavy atom. The summed E-state index contributed by atoms with van der Waals surface area (Å²) in [5, 5.41) is 15.2. The van der Waals surface area contributed by atoms with E-state index in [-0.39, 0.29) is 17.5 Å². The summed E-state index contributed by atoms with van der Waals surface area (Å²) in [7, 11) is 0. The first kappa shape index (κ1) is 12.9. The lowest BCUT2D eigenvalue weighted by molar-refractivity contribution is -0.384. The van der Waals surface area contributed by atoms with E-state index in [2.05, 4.69) is 18.9 Å². The molecule has 1 aliphatic rings. The molecule has 100 valence electrons. The highest BCUT2D eigenvalue weighted by Gasteiger charge is 2.31. The summed E-state index contributed by atoms with van der Waals surface area (Å²) in [6.45, 7) is 6.11. The van der Waals surface area contributed by atoms with Gasteiger partial charge in [-0.25, -0.2) is 4.68 Å². The molecular weight excluding hydrogens is 232 g/mol. The highest BCUT2D eigenvalue weighted by Crippen LogP contribution is 2.39. The number of aromatic nitrogens is 2. The van der Waals surface area contributed by atoms with E-state index < -0.39 is 4.92 Å². The third-order valence-electron chi connectivity index (χ3n) is 4.19. The molecule has 1 saturated carbocycles. The maximum atomic E-state index is 10.9. The molecule has 2 rings (SSSR count). The first-order valence-electron chi connectivity index (χ1n) is 6.40. The normalized spacial score (nSPS) is 28.3. The number of rotatable bonds is 2. The molecule has 1 heterocycles. The monoisotopic (exact) mass is 252 g/mol. The van der Waals surface area contributed by atoms with Gasteiger partial charge in [-0.15, -0.1) is 0 Å². The average Bonchev–Trinajstić information content (AvgIpc) is 2.58. The quantitative estimate of drug-likeness (QED) is 0.647. The fourth-order valence-corrected chi connectivity index (χ4v) is 2.80. The maximum Gasteiger partial charge on any atom is 0.333 e. The van der Waals surface area contributed by atoms with Gasteiger partial charge in [-0.1, -0.05) is 13.8 Å². The van der Waals surface area contributed by atoms with Crippen LogP contribution in [0, 0.1) is 28.9 Å². The predicted octanol–water partition coefficient (Wildman–Crippen LogP) is 2.68. The first-order chi connectivity index (χ1) is 8.41. The Balaban J connectivity index is 2.29. The van der Waals surface area contributed by atoms with Crippen LogP contribution in [0.5, 0.6) is 0 Å². The maximum absolute atomic E-state index is 10.9. The van der Waals surface area contributed by atoms with Gasteiger partial charge in [0.2, 0.25) is 5.82 Å². The van der Waals surface area contributed by atoms with E-state index in [9.17, 15) is 10.1 Å². The summed E-state index contributed by atoms with van der Waals surface area (Å²) < 4.78 is 1.66. The molecule has 6 heteroatoms. The van der Waals surface area contributed by atoms with E-state index in [4.69, 9.17) is 5.73 Å². The molecule has 0 spiro atoms. The van der Waals surface area contributed by atoms with Gasteiger partial charge in [-0.2, -0.15) is 5.10 Å². The molecule has 2 N–H and O–H groups in total. The van der Waals surface area contributed by atoms with Gasteiger partial charge in [-0.3, -0.25) is 10.1 Å². The zero-order valence-electron chi connectivity index (χ0n) is 11.1. The van der Waals surface area contributed by atoms with Crippen LogP contribution in [-0.4, -0.2) is 14.7 Å². The minimum Gasteiger partial charge on any atom is -0.378 e. The van der Waals surface area contributed by atoms with Crippen LogP contribution in [0.4, 0.5) is 11.5 Å². The molecule has 1 fully saturated rings. The second-order valence-corrected chi connectivity index (χ2v) is 5.44. The lowest BCUT2D eigenvalue weighted by atomic mass is 9.79. The number of nitrogen functional groups attached to an aromatic ring is 1. The molecule has 0 bridgehead atoms. The van der Waals surface area contributed by atoms with E-state index in [0.29, 0.717) is 17.5 Å². The van der Waals surface area contributed by atoms with Crippen LogP contribution in [-0.2, 0) is 0 Å². The number of hydrogen-bond acceptors (Lipinski definition) is 4. The zero-order chi connectivity index (χ0) is 13.4. The third kappa shape index (κ3) is 2.07. The topological polar surface area (TPSA) is 87.0 Å². The van der Waals surface area contributed by atoms with E-state index in [1.165, 1.54) is 0 Å². The average molecular weight is 252 g/mol. The van der Waals surface area contributed by atoms with Crippen LogP contribution < -0.4 is 5.73 Å². The van der Waals surface area contributed by atoms with Crippen molar-refractivity contribution in [1.82, 2.24) is 9.78 Å². The van der Waals surface area contributed by atoms with Gasteiger partial charge >= 0.3 is 5.69 Å². The molecule has 0 aromatic carbocycles. The van der Waals surface area contributed by atoms with Crippen LogP contribution in [0.3, 0.4) is 0 Å². The molecule has 0 aliphatic heterocycles. The SMILES string of the molecule is Cc1nn(C2CCC(C)C(C)C2)c(N)c1[N+](=O)[O-]. The van der Waals surface area contributed by atoms with Crippen molar-refractivity contribution in [3.8, 4) is 0 Å². The van der Waals surface area contributed by atoms with Crippen molar-refractivity contribution in [2.24, 2.45) is 11.8 Å². The molecule has 6 nitrogen and oxygen atoms in total. The Labute approximate surface area is 106 Å². The zero-order valence-corrected chi connectivity index (χ0v) is 11.1. The number of hydrogen-bond donors (Lipinski definition) is 1. The molecule has 3 unspecified atom stereocenters. The van der Waals surface area contributed by atoms with Crippen LogP contribution in [0.2, 0.25) is 0 Å². The van der Waals surface area contributed by atoms with Crippen molar-refractivity contribution in [2.75, 3.05) is 5.73 Å². The van der Waals surface area contributed by atoms with Crippen molar-refractivity contribution in [3.05, 3.63) is 15.8 Å². The number of nitro groups is 1. The summed E-state index contributed by atoms with van der Waals surface area (Å²) in [6.07, 6.45) is 3.11. The van der Waals surface area contributed by atoms with Gasteiger partial charge in [0.15, 0.2) is 0 Å². The molecular formula is C12H20N4O2. The van der Waals surface area contributed by atoms with Gasteiger partial charge in [0.1, 0.15) is 5.69 Å². The number of nitrogens with zero attached hydrogens (tertiary/aromatic N) is 3. The van der Waals surface area contributed by atoms with E-state index in [0.717, 1.165) is 19.3 Å². The fraction of sp³-hybridized carbons (Fsp3) is 0.750. The first-order valence-corrected chi connectivity index (χ1v) is 6.40. The molecule has 0 amide bonds. The summed E-state index contributed by atoms with van der Waals surface area (Å²) >= 11 is 0. The summed E-state index contributed by atoms with van der Waals surface area (Å²) in [5.74, 6) is 1.50. The minimum atomic E-state index is -0.441. The second-order valence-electron chi connectivity index (χ2n) is 5.44. The standard InChI is InChI=1S/C12H20N4O2/c1-7-4-5-10(6-8(7)2)15-12(13)11(16(17)18)9(3)14-15/h7-8,10H,4-6,13H2,1-3H3. The van der Waals surface area contributed by atoms with Gasteiger partial charge in [-0.05, 0) is 38.0 Å². The van der Waals surface area contributed by atoms with Crippen LogP contribution in [0.25, 0.3) is 0 Å². The third-order valence-corrected chi connectivity index (χ3v) is 4.19. The molecule has 1 aliphatic carbocycles. The molecule has 1 aromatic heterocycles. The highest BCUT2D eigenvalue weighted by atomic mass is 16.6. The van der Waals surface area contributed by atoms with Crippen molar-refractivity contribution in [1.29, 1.82) is 0 Å². The number of aryl methyl sites for hydroxylation is 1. The summed E-state index contributed by atoms with van der Waals surface area (Å²) in [4.78, 5) is 10.5. The van der Waals surface area contributed by atoms with Crippen molar-refractivity contribution in [2.45, 2.75) is 46.1 Å². The number of nitrogens with two attached hydrogens (primary N) is 1. The Hall–Kier alpha value is -1.59.